The molecule has 0 aliphatic carbocycles. The zero-order chi connectivity index (χ0) is 16.8. The molecule has 0 bridgehead atoms. The maximum Gasteiger partial charge on any atom is 0.416 e. The summed E-state index contributed by atoms with van der Waals surface area (Å²) in [6, 6.07) is 4.83. The summed E-state index contributed by atoms with van der Waals surface area (Å²) in [7, 11) is 3.04. The van der Waals surface area contributed by atoms with Crippen molar-refractivity contribution in [2.75, 3.05) is 20.7 Å². The molecule has 1 unspecified atom stereocenters. The summed E-state index contributed by atoms with van der Waals surface area (Å²) in [4.78, 5) is 13.1. The van der Waals surface area contributed by atoms with E-state index in [1.807, 2.05) is 6.92 Å². The molecule has 7 heteroatoms. The number of nitrogens with zero attached hydrogens (tertiary/aromatic N) is 1. The predicted molar refractivity (Wildman–Crippen MR) is 77.4 cm³/mol. The van der Waals surface area contributed by atoms with Gasteiger partial charge in [-0.25, -0.2) is 4.79 Å². The third-order valence-corrected chi connectivity index (χ3v) is 3.31. The Balaban J connectivity index is 2.61. The van der Waals surface area contributed by atoms with Gasteiger partial charge in [0.2, 0.25) is 0 Å². The zero-order valence-corrected chi connectivity index (χ0v) is 12.9. The maximum atomic E-state index is 12.9. The van der Waals surface area contributed by atoms with Crippen LogP contribution in [0.25, 0.3) is 0 Å². The fourth-order valence-corrected chi connectivity index (χ4v) is 1.90. The second-order valence-electron chi connectivity index (χ2n) is 5.08. The summed E-state index contributed by atoms with van der Waals surface area (Å²) in [5.74, 6) is 0. The standard InChI is InChI=1S/C15H21F3N2O2/c1-11(22-3)8-9-19-14(21)20(2)10-12-6-4-5-7-13(12)15(16,17)18/h4-7,11H,8-10H2,1-3H3,(H,19,21). The van der Waals surface area contributed by atoms with Crippen LogP contribution in [0.1, 0.15) is 24.5 Å². The van der Waals surface area contributed by atoms with Crippen molar-refractivity contribution in [3.63, 3.8) is 0 Å². The van der Waals surface area contributed by atoms with Crippen LogP contribution >= 0.6 is 0 Å². The predicted octanol–water partition coefficient (Wildman–Crippen LogP) is 3.27. The van der Waals surface area contributed by atoms with Gasteiger partial charge in [0.05, 0.1) is 11.7 Å². The molecule has 0 aromatic heterocycles. The van der Waals surface area contributed by atoms with Gasteiger partial charge < -0.3 is 15.0 Å². The molecule has 0 radical (unpaired) electrons. The first-order valence-electron chi connectivity index (χ1n) is 6.92. The summed E-state index contributed by atoms with van der Waals surface area (Å²) >= 11 is 0. The third kappa shape index (κ3) is 5.55. The Morgan fingerprint density at radius 2 is 2.00 bits per heavy atom. The molecular weight excluding hydrogens is 297 g/mol. The van der Waals surface area contributed by atoms with Crippen LogP contribution in [-0.2, 0) is 17.5 Å². The van der Waals surface area contributed by atoms with Gasteiger partial charge in [-0.1, -0.05) is 18.2 Å². The van der Waals surface area contributed by atoms with Crippen molar-refractivity contribution in [2.45, 2.75) is 32.2 Å². The van der Waals surface area contributed by atoms with E-state index < -0.39 is 17.8 Å². The number of hydrogen-bond donors (Lipinski definition) is 1. The highest BCUT2D eigenvalue weighted by Gasteiger charge is 2.33. The van der Waals surface area contributed by atoms with Crippen LogP contribution in [0.15, 0.2) is 24.3 Å². The van der Waals surface area contributed by atoms with Gasteiger partial charge in [-0.2, -0.15) is 13.2 Å². The Labute approximate surface area is 128 Å². The van der Waals surface area contributed by atoms with Crippen molar-refractivity contribution < 1.29 is 22.7 Å². The number of rotatable bonds is 6. The molecule has 1 atom stereocenters. The number of benzene rings is 1. The number of urea groups is 1. The summed E-state index contributed by atoms with van der Waals surface area (Å²) in [5, 5.41) is 2.65. The van der Waals surface area contributed by atoms with Crippen LogP contribution in [0.3, 0.4) is 0 Å². The zero-order valence-electron chi connectivity index (χ0n) is 12.9. The van der Waals surface area contributed by atoms with Crippen molar-refractivity contribution in [3.05, 3.63) is 35.4 Å². The monoisotopic (exact) mass is 318 g/mol. The Morgan fingerprint density at radius 3 is 2.59 bits per heavy atom. The topological polar surface area (TPSA) is 41.6 Å². The van der Waals surface area contributed by atoms with Crippen molar-refractivity contribution in [2.24, 2.45) is 0 Å². The Bertz CT molecular complexity index is 492. The molecule has 1 N–H and O–H groups in total. The summed E-state index contributed by atoms with van der Waals surface area (Å²) in [6.45, 7) is 2.16. The molecule has 2 amide bonds. The quantitative estimate of drug-likeness (QED) is 0.874. The second-order valence-corrected chi connectivity index (χ2v) is 5.08. The van der Waals surface area contributed by atoms with Crippen LogP contribution in [0.4, 0.5) is 18.0 Å². The van der Waals surface area contributed by atoms with Gasteiger partial charge in [0.25, 0.3) is 0 Å². The van der Waals surface area contributed by atoms with Crippen LogP contribution < -0.4 is 5.32 Å². The first-order valence-corrected chi connectivity index (χ1v) is 6.92. The van der Waals surface area contributed by atoms with Crippen LogP contribution in [0.2, 0.25) is 0 Å². The highest BCUT2D eigenvalue weighted by Crippen LogP contribution is 2.32. The molecule has 124 valence electrons. The van der Waals surface area contributed by atoms with E-state index in [9.17, 15) is 18.0 Å². The number of carbonyl (C=O) groups excluding carboxylic acids is 1. The molecule has 4 nitrogen and oxygen atoms in total. The summed E-state index contributed by atoms with van der Waals surface area (Å²) in [6.07, 6.45) is -3.78. The van der Waals surface area contributed by atoms with E-state index in [4.69, 9.17) is 4.74 Å². The van der Waals surface area contributed by atoms with E-state index in [0.29, 0.717) is 13.0 Å². The average Bonchev–Trinajstić information content (AvgIpc) is 2.46. The van der Waals surface area contributed by atoms with E-state index in [2.05, 4.69) is 5.32 Å². The number of nitrogens with one attached hydrogen (secondary N) is 1. The fraction of sp³-hybridized carbons (Fsp3) is 0.533. The van der Waals surface area contributed by atoms with Crippen LogP contribution in [0.5, 0.6) is 0 Å². The van der Waals surface area contributed by atoms with Crippen LogP contribution in [0, 0.1) is 0 Å². The Morgan fingerprint density at radius 1 is 1.36 bits per heavy atom. The molecule has 1 aromatic carbocycles. The first kappa shape index (κ1) is 18.3. The number of hydrogen-bond acceptors (Lipinski definition) is 2. The number of ether oxygens (including phenoxy) is 1. The molecule has 1 aromatic rings. The van der Waals surface area contributed by atoms with Gasteiger partial charge >= 0.3 is 12.2 Å². The largest absolute Gasteiger partial charge is 0.416 e. The molecule has 0 aliphatic rings. The number of amides is 2. The van der Waals surface area contributed by atoms with E-state index in [1.165, 1.54) is 30.1 Å². The minimum absolute atomic E-state index is 0.0107. The van der Waals surface area contributed by atoms with Crippen molar-refractivity contribution in [3.8, 4) is 0 Å². The lowest BCUT2D eigenvalue weighted by atomic mass is 10.1. The SMILES string of the molecule is COC(C)CCNC(=O)N(C)Cc1ccccc1C(F)(F)F. The summed E-state index contributed by atoms with van der Waals surface area (Å²) in [5.41, 5.74) is -0.652. The minimum atomic E-state index is -4.43. The van der Waals surface area contributed by atoms with Gasteiger partial charge in [-0.15, -0.1) is 0 Å². The lowest BCUT2D eigenvalue weighted by Gasteiger charge is -2.21. The van der Waals surface area contributed by atoms with E-state index in [1.54, 1.807) is 7.11 Å². The molecule has 22 heavy (non-hydrogen) atoms. The smallest absolute Gasteiger partial charge is 0.382 e. The van der Waals surface area contributed by atoms with Crippen molar-refractivity contribution in [1.82, 2.24) is 10.2 Å². The molecular formula is C15H21F3N2O2. The molecule has 0 heterocycles. The normalized spacial score (nSPS) is 12.8. The van der Waals surface area contributed by atoms with Crippen molar-refractivity contribution >= 4 is 6.03 Å². The number of carbonyl (C=O) groups is 1. The highest BCUT2D eigenvalue weighted by atomic mass is 19.4. The molecule has 0 saturated carbocycles. The second kappa shape index (κ2) is 8.03. The van der Waals surface area contributed by atoms with E-state index in [0.717, 1.165) is 6.07 Å². The number of alkyl halides is 3. The van der Waals surface area contributed by atoms with E-state index in [-0.39, 0.29) is 18.2 Å². The lowest BCUT2D eigenvalue weighted by molar-refractivity contribution is -0.138. The first-order chi connectivity index (χ1) is 10.3. The van der Waals surface area contributed by atoms with Gasteiger partial charge in [-0.05, 0) is 25.0 Å². The Hall–Kier alpha value is -1.76. The molecule has 0 saturated heterocycles. The highest BCUT2D eigenvalue weighted by molar-refractivity contribution is 5.73. The molecule has 0 aliphatic heterocycles. The molecule has 1 rings (SSSR count). The third-order valence-electron chi connectivity index (χ3n) is 3.31. The van der Waals surface area contributed by atoms with Crippen molar-refractivity contribution in [1.29, 1.82) is 0 Å². The maximum absolute atomic E-state index is 12.9. The molecule has 0 spiro atoms. The van der Waals surface area contributed by atoms with Gasteiger partial charge in [0.1, 0.15) is 0 Å². The number of halogens is 3. The van der Waals surface area contributed by atoms with Gasteiger partial charge in [0, 0.05) is 27.2 Å². The van der Waals surface area contributed by atoms with Gasteiger partial charge in [-0.3, -0.25) is 0 Å². The Kier molecular flexibility index (Phi) is 6.67. The minimum Gasteiger partial charge on any atom is -0.382 e. The van der Waals surface area contributed by atoms with E-state index >= 15 is 0 Å². The van der Waals surface area contributed by atoms with Crippen LogP contribution in [-0.4, -0.2) is 37.7 Å². The average molecular weight is 318 g/mol. The molecule has 0 fully saturated rings. The fourth-order valence-electron chi connectivity index (χ4n) is 1.90. The summed E-state index contributed by atoms with van der Waals surface area (Å²) < 4.78 is 43.7. The number of methoxy groups -OCH3 is 1. The lowest BCUT2D eigenvalue weighted by Crippen LogP contribution is -2.38. The van der Waals surface area contributed by atoms with Gasteiger partial charge in [0.15, 0.2) is 0 Å².